The van der Waals surface area contributed by atoms with Crippen LogP contribution in [-0.4, -0.2) is 18.5 Å². The Morgan fingerprint density at radius 1 is 1.12 bits per heavy atom. The Labute approximate surface area is 96.3 Å². The summed E-state index contributed by atoms with van der Waals surface area (Å²) >= 11 is 0. The summed E-state index contributed by atoms with van der Waals surface area (Å²) in [5.74, 6) is -1.32. The Morgan fingerprint density at radius 3 is 2.38 bits per heavy atom. The number of hydrogen-bond donors (Lipinski definition) is 0. The summed E-state index contributed by atoms with van der Waals surface area (Å²) in [4.78, 5) is 20.9. The molecule has 16 heavy (non-hydrogen) atoms. The lowest BCUT2D eigenvalue weighted by Crippen LogP contribution is -2.03. The van der Waals surface area contributed by atoms with Crippen LogP contribution in [0.15, 0.2) is 12.2 Å². The normalized spacial score (nSPS) is 10.9. The van der Waals surface area contributed by atoms with Crippen LogP contribution >= 0.6 is 0 Å². The Kier molecular flexibility index (Phi) is 8.21. The molecule has 0 rings (SSSR count). The quantitative estimate of drug-likeness (QED) is 0.363. The number of carbonyl (C=O) groups is 2. The summed E-state index contributed by atoms with van der Waals surface area (Å²) in [6, 6.07) is 0. The van der Waals surface area contributed by atoms with Gasteiger partial charge in [-0.1, -0.05) is 33.1 Å². The second-order valence-electron chi connectivity index (χ2n) is 4.06. The van der Waals surface area contributed by atoms with Crippen LogP contribution in [0.25, 0.3) is 0 Å². The molecule has 0 fully saturated rings. The smallest absolute Gasteiger partial charge is 0.379 e. The molecule has 0 aliphatic heterocycles. The molecule has 0 unspecified atom stereocenters. The van der Waals surface area contributed by atoms with Gasteiger partial charge < -0.3 is 4.74 Å². The Hall–Kier alpha value is -1.32. The molecule has 0 amide bonds. The summed E-state index contributed by atoms with van der Waals surface area (Å²) in [7, 11) is 0. The molecule has 1 radical (unpaired) electrons. The Morgan fingerprint density at radius 2 is 1.81 bits per heavy atom. The molecule has 0 spiro atoms. The van der Waals surface area contributed by atoms with Crippen molar-refractivity contribution in [1.29, 1.82) is 0 Å². The van der Waals surface area contributed by atoms with E-state index in [0.29, 0.717) is 18.6 Å². The van der Waals surface area contributed by atoms with Crippen molar-refractivity contribution in [2.24, 2.45) is 5.92 Å². The van der Waals surface area contributed by atoms with E-state index >= 15 is 0 Å². The first-order chi connectivity index (χ1) is 7.52. The number of ether oxygens (including phenoxy) is 1. The van der Waals surface area contributed by atoms with Gasteiger partial charge in [0, 0.05) is 12.2 Å². The van der Waals surface area contributed by atoms with Crippen molar-refractivity contribution in [3.63, 3.8) is 0 Å². The fourth-order valence-corrected chi connectivity index (χ4v) is 1.19. The van der Waals surface area contributed by atoms with Crippen LogP contribution in [0.2, 0.25) is 0 Å². The van der Waals surface area contributed by atoms with E-state index in [4.69, 9.17) is 4.74 Å². The van der Waals surface area contributed by atoms with Gasteiger partial charge in [0.15, 0.2) is 0 Å². The lowest BCUT2D eigenvalue weighted by molar-refractivity contribution is -0.140. The summed E-state index contributed by atoms with van der Waals surface area (Å²) < 4.78 is 4.78. The minimum Gasteiger partial charge on any atom is -0.463 e. The van der Waals surface area contributed by atoms with E-state index in [1.54, 1.807) is 0 Å². The molecule has 91 valence electrons. The third kappa shape index (κ3) is 10.8. The fraction of sp³-hybridized carbons (Fsp3) is 0.667. The molecule has 0 saturated heterocycles. The summed E-state index contributed by atoms with van der Waals surface area (Å²) in [6.07, 6.45) is 5.68. The van der Waals surface area contributed by atoms with Crippen molar-refractivity contribution in [2.75, 3.05) is 6.61 Å². The largest absolute Gasteiger partial charge is 0.463 e. The maximum atomic E-state index is 10.9. The molecular formula is C12H19O4. The van der Waals surface area contributed by atoms with E-state index < -0.39 is 11.9 Å². The van der Waals surface area contributed by atoms with E-state index in [9.17, 15) is 14.7 Å². The first-order valence-electron chi connectivity index (χ1n) is 5.58. The van der Waals surface area contributed by atoms with Gasteiger partial charge in [0.25, 0.3) is 0 Å². The van der Waals surface area contributed by atoms with Gasteiger partial charge in [0.1, 0.15) is 0 Å². The van der Waals surface area contributed by atoms with Gasteiger partial charge >= 0.3 is 11.9 Å². The minimum atomic E-state index is -1.39. The zero-order valence-electron chi connectivity index (χ0n) is 9.90. The average molecular weight is 227 g/mol. The predicted molar refractivity (Wildman–Crippen MR) is 59.1 cm³/mol. The van der Waals surface area contributed by atoms with Crippen molar-refractivity contribution in [1.82, 2.24) is 0 Å². The first-order valence-corrected chi connectivity index (χ1v) is 5.58. The summed E-state index contributed by atoms with van der Waals surface area (Å²) in [5, 5.41) is 9.98. The lowest BCUT2D eigenvalue weighted by Gasteiger charge is -2.04. The molecule has 0 aromatic rings. The fourth-order valence-electron chi connectivity index (χ4n) is 1.19. The zero-order valence-corrected chi connectivity index (χ0v) is 9.90. The van der Waals surface area contributed by atoms with Crippen molar-refractivity contribution in [2.45, 2.75) is 39.5 Å². The van der Waals surface area contributed by atoms with Gasteiger partial charge in [-0.05, 0) is 12.3 Å². The van der Waals surface area contributed by atoms with Crippen LogP contribution < -0.4 is 0 Å². The van der Waals surface area contributed by atoms with Crippen LogP contribution in [-0.2, 0) is 19.4 Å². The molecular weight excluding hydrogens is 208 g/mol. The molecule has 0 N–H and O–H groups in total. The third-order valence-electron chi connectivity index (χ3n) is 2.03. The molecule has 0 saturated carbocycles. The van der Waals surface area contributed by atoms with E-state index in [1.807, 2.05) is 0 Å². The van der Waals surface area contributed by atoms with E-state index in [2.05, 4.69) is 13.8 Å². The number of rotatable bonds is 8. The molecule has 4 nitrogen and oxygen atoms in total. The Bertz CT molecular complexity index is 243. The molecule has 0 aromatic heterocycles. The van der Waals surface area contributed by atoms with Gasteiger partial charge in [-0.25, -0.2) is 14.7 Å². The lowest BCUT2D eigenvalue weighted by atomic mass is 10.1. The van der Waals surface area contributed by atoms with Crippen LogP contribution in [0.3, 0.4) is 0 Å². The second-order valence-corrected chi connectivity index (χ2v) is 4.06. The molecule has 0 atom stereocenters. The number of carbonyl (C=O) groups excluding carboxylic acids is 2. The van der Waals surface area contributed by atoms with E-state index in [1.165, 1.54) is 6.42 Å². The van der Waals surface area contributed by atoms with Crippen molar-refractivity contribution >= 4 is 11.9 Å². The molecule has 0 aliphatic carbocycles. The SMILES string of the molecule is CC(C)CCCCCOC(=O)/C=C\C([O])=O. The number of unbranched alkanes of at least 4 members (excludes halogenated alkanes) is 2. The predicted octanol–water partition coefficient (Wildman–Crippen LogP) is 2.26. The molecule has 0 aromatic carbocycles. The monoisotopic (exact) mass is 227 g/mol. The zero-order chi connectivity index (χ0) is 12.4. The average Bonchev–Trinajstić information content (AvgIpc) is 2.19. The van der Waals surface area contributed by atoms with Gasteiger partial charge in [-0.2, -0.15) is 0 Å². The van der Waals surface area contributed by atoms with Crippen molar-refractivity contribution in [3.8, 4) is 0 Å². The maximum absolute atomic E-state index is 10.9. The van der Waals surface area contributed by atoms with Gasteiger partial charge in [-0.15, -0.1) is 0 Å². The highest BCUT2D eigenvalue weighted by molar-refractivity contribution is 5.90. The Balaban J connectivity index is 3.38. The standard InChI is InChI=1S/C12H19O4/c1-10(2)6-4-3-5-9-16-12(15)8-7-11(13)14/h7-8,10H,3-6,9H2,1-2H3/b8-7-. The van der Waals surface area contributed by atoms with Crippen molar-refractivity contribution < 1.29 is 19.4 Å². The highest BCUT2D eigenvalue weighted by atomic mass is 16.5. The summed E-state index contributed by atoms with van der Waals surface area (Å²) in [6.45, 7) is 4.68. The molecule has 0 bridgehead atoms. The number of esters is 1. The third-order valence-corrected chi connectivity index (χ3v) is 2.03. The van der Waals surface area contributed by atoms with Gasteiger partial charge in [0.05, 0.1) is 6.61 Å². The van der Waals surface area contributed by atoms with Crippen molar-refractivity contribution in [3.05, 3.63) is 12.2 Å². The minimum absolute atomic E-state index is 0.342. The highest BCUT2D eigenvalue weighted by Gasteiger charge is 1.99. The molecule has 0 aliphatic rings. The maximum Gasteiger partial charge on any atom is 0.379 e. The summed E-state index contributed by atoms with van der Waals surface area (Å²) in [5.41, 5.74) is 0. The first kappa shape index (κ1) is 14.7. The van der Waals surface area contributed by atoms with Crippen LogP contribution in [0.1, 0.15) is 39.5 Å². The van der Waals surface area contributed by atoms with E-state index in [-0.39, 0.29) is 0 Å². The number of hydrogen-bond acceptors (Lipinski definition) is 3. The van der Waals surface area contributed by atoms with Gasteiger partial charge in [-0.3, -0.25) is 0 Å². The molecule has 0 heterocycles. The van der Waals surface area contributed by atoms with E-state index in [0.717, 1.165) is 25.3 Å². The van der Waals surface area contributed by atoms with Crippen LogP contribution in [0.4, 0.5) is 0 Å². The molecule has 4 heteroatoms. The van der Waals surface area contributed by atoms with Crippen LogP contribution in [0, 0.1) is 5.92 Å². The topological polar surface area (TPSA) is 63.3 Å². The van der Waals surface area contributed by atoms with Gasteiger partial charge in [0.2, 0.25) is 0 Å². The highest BCUT2D eigenvalue weighted by Crippen LogP contribution is 2.07. The second kappa shape index (κ2) is 8.95. The van der Waals surface area contributed by atoms with Crippen LogP contribution in [0.5, 0.6) is 0 Å².